The maximum atomic E-state index is 11.2. The highest BCUT2D eigenvalue weighted by Gasteiger charge is 2.16. The Bertz CT molecular complexity index is 952. The fraction of sp³-hybridized carbons (Fsp3) is 0.238. The molecule has 1 atom stereocenters. The Hall–Kier alpha value is -2.79. The predicted octanol–water partition coefficient (Wildman–Crippen LogP) is 5.45. The normalized spacial score (nSPS) is 12.0. The monoisotopic (exact) mass is 383 g/mol. The summed E-state index contributed by atoms with van der Waals surface area (Å²) in [6.45, 7) is 2.01. The zero-order chi connectivity index (χ0) is 19.4. The zero-order valence-electron chi connectivity index (χ0n) is 15.3. The molecule has 27 heavy (non-hydrogen) atoms. The molecule has 5 nitrogen and oxygen atoms in total. The third-order valence-corrected chi connectivity index (χ3v) is 4.78. The number of carboxylic acids is 1. The third-order valence-electron chi connectivity index (χ3n) is 4.55. The first-order valence-corrected chi connectivity index (χ1v) is 9.21. The van der Waals surface area contributed by atoms with Crippen LogP contribution in [0, 0.1) is 0 Å². The number of carbonyl (C=O) groups is 1. The summed E-state index contributed by atoms with van der Waals surface area (Å²) >= 11 is 6.11. The van der Waals surface area contributed by atoms with Crippen molar-refractivity contribution in [2.45, 2.75) is 25.7 Å². The topological polar surface area (TPSA) is 67.1 Å². The Morgan fingerprint density at radius 2 is 2.11 bits per heavy atom. The number of nitrogens with one attached hydrogen (secondary N) is 1. The smallest absolute Gasteiger partial charge is 0.303 e. The van der Waals surface area contributed by atoms with Gasteiger partial charge in [0, 0.05) is 40.8 Å². The van der Waals surface area contributed by atoms with Gasteiger partial charge in [0.2, 0.25) is 0 Å². The van der Waals surface area contributed by atoms with Gasteiger partial charge in [-0.2, -0.15) is 5.10 Å². The standard InChI is InChI=1S/C21H22ClN3O2/c1-3-14(10-21(26)27)15-7-8-19(16-12-23-25(2)13-16)20(9-15)24-18-6-4-5-17(22)11-18/h4-9,11-14,24H,3,10H2,1-2H3,(H,26,27)/t14-/m1/s1. The predicted molar refractivity (Wildman–Crippen MR) is 109 cm³/mol. The van der Waals surface area contributed by atoms with Crippen LogP contribution in [0.25, 0.3) is 11.1 Å². The lowest BCUT2D eigenvalue weighted by molar-refractivity contribution is -0.137. The van der Waals surface area contributed by atoms with Gasteiger partial charge in [-0.1, -0.05) is 36.7 Å². The lowest BCUT2D eigenvalue weighted by Gasteiger charge is -2.18. The maximum Gasteiger partial charge on any atom is 0.303 e. The Morgan fingerprint density at radius 3 is 2.74 bits per heavy atom. The van der Waals surface area contributed by atoms with E-state index in [0.29, 0.717) is 5.02 Å². The van der Waals surface area contributed by atoms with Crippen molar-refractivity contribution < 1.29 is 9.90 Å². The molecule has 0 aliphatic carbocycles. The van der Waals surface area contributed by atoms with E-state index in [2.05, 4.69) is 10.4 Å². The minimum Gasteiger partial charge on any atom is -0.481 e. The van der Waals surface area contributed by atoms with Crippen molar-refractivity contribution in [1.82, 2.24) is 9.78 Å². The molecule has 3 aromatic rings. The molecule has 0 aliphatic heterocycles. The zero-order valence-corrected chi connectivity index (χ0v) is 16.1. The number of nitrogens with zero attached hydrogens (tertiary/aromatic N) is 2. The molecule has 0 saturated heterocycles. The van der Waals surface area contributed by atoms with Crippen molar-refractivity contribution in [3.63, 3.8) is 0 Å². The van der Waals surface area contributed by atoms with Crippen LogP contribution in [0.4, 0.5) is 11.4 Å². The summed E-state index contributed by atoms with van der Waals surface area (Å²) in [6, 6.07) is 13.6. The summed E-state index contributed by atoms with van der Waals surface area (Å²) < 4.78 is 1.76. The molecule has 6 heteroatoms. The average molecular weight is 384 g/mol. The van der Waals surface area contributed by atoms with E-state index in [0.717, 1.165) is 34.5 Å². The van der Waals surface area contributed by atoms with E-state index in [9.17, 15) is 9.90 Å². The van der Waals surface area contributed by atoms with E-state index in [4.69, 9.17) is 11.6 Å². The van der Waals surface area contributed by atoms with Crippen LogP contribution in [0.5, 0.6) is 0 Å². The summed E-state index contributed by atoms with van der Waals surface area (Å²) in [4.78, 5) is 11.2. The van der Waals surface area contributed by atoms with Gasteiger partial charge in [-0.15, -0.1) is 0 Å². The molecule has 1 aromatic heterocycles. The average Bonchev–Trinajstić information content (AvgIpc) is 3.05. The van der Waals surface area contributed by atoms with Crippen LogP contribution in [0.1, 0.15) is 31.2 Å². The van der Waals surface area contributed by atoms with Gasteiger partial charge >= 0.3 is 5.97 Å². The summed E-state index contributed by atoms with van der Waals surface area (Å²) in [7, 11) is 1.88. The second kappa shape index (κ2) is 8.27. The summed E-state index contributed by atoms with van der Waals surface area (Å²) in [6.07, 6.45) is 4.63. The van der Waals surface area contributed by atoms with Gasteiger partial charge in [0.25, 0.3) is 0 Å². The SMILES string of the molecule is CC[C@H](CC(=O)O)c1ccc(-c2cnn(C)c2)c(Nc2cccc(Cl)c2)c1. The van der Waals surface area contributed by atoms with Gasteiger partial charge < -0.3 is 10.4 Å². The molecule has 140 valence electrons. The van der Waals surface area contributed by atoms with Crippen molar-refractivity contribution >= 4 is 28.9 Å². The van der Waals surface area contributed by atoms with Crippen LogP contribution in [-0.4, -0.2) is 20.9 Å². The van der Waals surface area contributed by atoms with Gasteiger partial charge in [0.1, 0.15) is 0 Å². The minimum absolute atomic E-state index is 0.0367. The van der Waals surface area contributed by atoms with Gasteiger partial charge in [-0.05, 0) is 42.2 Å². The van der Waals surface area contributed by atoms with E-state index in [1.165, 1.54) is 0 Å². The van der Waals surface area contributed by atoms with Crippen LogP contribution in [0.15, 0.2) is 54.9 Å². The molecule has 0 radical (unpaired) electrons. The number of aliphatic carboxylic acids is 1. The number of halogens is 1. The maximum absolute atomic E-state index is 11.2. The highest BCUT2D eigenvalue weighted by Crippen LogP contribution is 2.35. The first-order chi connectivity index (χ1) is 13.0. The molecule has 2 aromatic carbocycles. The largest absolute Gasteiger partial charge is 0.481 e. The summed E-state index contributed by atoms with van der Waals surface area (Å²) in [5.74, 6) is -0.826. The Kier molecular flexibility index (Phi) is 5.81. The number of aryl methyl sites for hydroxylation is 1. The summed E-state index contributed by atoms with van der Waals surface area (Å²) in [5.41, 5.74) is 4.75. The molecule has 0 unspecified atom stereocenters. The molecule has 0 bridgehead atoms. The van der Waals surface area contributed by atoms with Gasteiger partial charge in [0.15, 0.2) is 0 Å². The molecule has 3 rings (SSSR count). The molecule has 1 heterocycles. The molecule has 2 N–H and O–H groups in total. The van der Waals surface area contributed by atoms with Crippen LogP contribution < -0.4 is 5.32 Å². The first-order valence-electron chi connectivity index (χ1n) is 8.83. The van der Waals surface area contributed by atoms with Gasteiger partial charge in [0.05, 0.1) is 12.6 Å². The highest BCUT2D eigenvalue weighted by molar-refractivity contribution is 6.30. The number of benzene rings is 2. The van der Waals surface area contributed by atoms with Crippen LogP contribution in [-0.2, 0) is 11.8 Å². The number of anilines is 2. The highest BCUT2D eigenvalue weighted by atomic mass is 35.5. The minimum atomic E-state index is -0.789. The lowest BCUT2D eigenvalue weighted by atomic mass is 9.91. The van der Waals surface area contributed by atoms with Gasteiger partial charge in [-0.25, -0.2) is 0 Å². The quantitative estimate of drug-likeness (QED) is 0.569. The van der Waals surface area contributed by atoms with Gasteiger partial charge in [-0.3, -0.25) is 9.48 Å². The van der Waals surface area contributed by atoms with Crippen molar-refractivity contribution in [1.29, 1.82) is 0 Å². The van der Waals surface area contributed by atoms with Crippen molar-refractivity contribution in [3.8, 4) is 11.1 Å². The fourth-order valence-corrected chi connectivity index (χ4v) is 3.35. The number of hydrogen-bond acceptors (Lipinski definition) is 3. The second-order valence-corrected chi connectivity index (χ2v) is 6.98. The number of carboxylic acid groups (broad SMARTS) is 1. The molecule has 0 spiro atoms. The first kappa shape index (κ1) is 19.0. The Morgan fingerprint density at radius 1 is 1.30 bits per heavy atom. The molecule has 0 fully saturated rings. The molecule has 0 amide bonds. The third kappa shape index (κ3) is 4.68. The Labute approximate surface area is 163 Å². The number of aromatic nitrogens is 2. The van der Waals surface area contributed by atoms with E-state index < -0.39 is 5.97 Å². The van der Waals surface area contributed by atoms with E-state index >= 15 is 0 Å². The van der Waals surface area contributed by atoms with Crippen LogP contribution in [0.2, 0.25) is 5.02 Å². The van der Waals surface area contributed by atoms with Crippen molar-refractivity contribution in [2.75, 3.05) is 5.32 Å². The van der Waals surface area contributed by atoms with Crippen molar-refractivity contribution in [2.24, 2.45) is 7.05 Å². The molecular formula is C21H22ClN3O2. The number of hydrogen-bond donors (Lipinski definition) is 2. The molecule has 0 saturated carbocycles. The van der Waals surface area contributed by atoms with Crippen LogP contribution in [0.3, 0.4) is 0 Å². The number of rotatable bonds is 7. The lowest BCUT2D eigenvalue weighted by Crippen LogP contribution is -2.06. The van der Waals surface area contributed by atoms with E-state index in [1.54, 1.807) is 4.68 Å². The summed E-state index contributed by atoms with van der Waals surface area (Å²) in [5, 5.41) is 17.5. The second-order valence-electron chi connectivity index (χ2n) is 6.55. The Balaban J connectivity index is 2.04. The molecular weight excluding hydrogens is 362 g/mol. The van der Waals surface area contributed by atoms with E-state index in [1.807, 2.05) is 68.8 Å². The van der Waals surface area contributed by atoms with Crippen LogP contribution >= 0.6 is 11.6 Å². The molecule has 0 aliphatic rings. The van der Waals surface area contributed by atoms with E-state index in [-0.39, 0.29) is 12.3 Å². The fourth-order valence-electron chi connectivity index (χ4n) is 3.16. The van der Waals surface area contributed by atoms with Crippen molar-refractivity contribution in [3.05, 3.63) is 65.4 Å².